The summed E-state index contributed by atoms with van der Waals surface area (Å²) in [5.74, 6) is 1.44. The molecule has 1 heteroatoms. The minimum absolute atomic E-state index is 0.672. The summed E-state index contributed by atoms with van der Waals surface area (Å²) >= 11 is 0. The van der Waals surface area contributed by atoms with E-state index in [0.29, 0.717) is 5.92 Å². The standard InChI is InChI=1S/C17H27N/c1-4-6-14(3)17(12-18-16-9-10-16)15-8-5-7-13(2)11-15/h5,7-8,11,14,16-18H,4,6,9-10,12H2,1-3H3. The Morgan fingerprint density at radius 2 is 2.11 bits per heavy atom. The topological polar surface area (TPSA) is 12.0 Å². The summed E-state index contributed by atoms with van der Waals surface area (Å²) in [6, 6.07) is 9.88. The van der Waals surface area contributed by atoms with Crippen LogP contribution >= 0.6 is 0 Å². The van der Waals surface area contributed by atoms with Gasteiger partial charge in [-0.3, -0.25) is 0 Å². The molecule has 18 heavy (non-hydrogen) atoms. The average Bonchev–Trinajstić information content (AvgIpc) is 3.14. The number of aryl methyl sites for hydroxylation is 1. The van der Waals surface area contributed by atoms with Gasteiger partial charge < -0.3 is 5.32 Å². The Labute approximate surface area is 112 Å². The highest BCUT2D eigenvalue weighted by molar-refractivity contribution is 5.26. The van der Waals surface area contributed by atoms with Crippen LogP contribution in [0.3, 0.4) is 0 Å². The number of hydrogen-bond acceptors (Lipinski definition) is 1. The maximum absolute atomic E-state index is 3.71. The molecule has 1 N–H and O–H groups in total. The SMILES string of the molecule is CCCC(C)C(CNC1CC1)c1cccc(C)c1. The molecule has 100 valence electrons. The van der Waals surface area contributed by atoms with E-state index in [4.69, 9.17) is 0 Å². The van der Waals surface area contributed by atoms with Crippen molar-refractivity contribution in [2.45, 2.75) is 58.4 Å². The molecule has 0 aliphatic heterocycles. The zero-order valence-corrected chi connectivity index (χ0v) is 12.1. The zero-order valence-electron chi connectivity index (χ0n) is 12.1. The molecule has 1 saturated carbocycles. The van der Waals surface area contributed by atoms with Crippen LogP contribution in [0, 0.1) is 12.8 Å². The summed E-state index contributed by atoms with van der Waals surface area (Å²) < 4.78 is 0. The van der Waals surface area contributed by atoms with Crippen molar-refractivity contribution in [1.82, 2.24) is 5.32 Å². The van der Waals surface area contributed by atoms with Gasteiger partial charge in [0.05, 0.1) is 0 Å². The van der Waals surface area contributed by atoms with Crippen LogP contribution in [-0.2, 0) is 0 Å². The normalized spacial score (nSPS) is 18.6. The van der Waals surface area contributed by atoms with E-state index in [1.54, 1.807) is 0 Å². The van der Waals surface area contributed by atoms with Crippen molar-refractivity contribution in [3.8, 4) is 0 Å². The van der Waals surface area contributed by atoms with Crippen LogP contribution in [0.1, 0.15) is 56.6 Å². The lowest BCUT2D eigenvalue weighted by Gasteiger charge is -2.25. The number of benzene rings is 1. The van der Waals surface area contributed by atoms with Gasteiger partial charge in [0.15, 0.2) is 0 Å². The van der Waals surface area contributed by atoms with Gasteiger partial charge in [-0.15, -0.1) is 0 Å². The summed E-state index contributed by atoms with van der Waals surface area (Å²) in [5.41, 5.74) is 2.90. The number of rotatable bonds is 7. The van der Waals surface area contributed by atoms with Gasteiger partial charge in [0.25, 0.3) is 0 Å². The molecule has 1 fully saturated rings. The fourth-order valence-corrected chi connectivity index (χ4v) is 2.79. The number of hydrogen-bond donors (Lipinski definition) is 1. The average molecular weight is 245 g/mol. The van der Waals surface area contributed by atoms with Crippen LogP contribution in [-0.4, -0.2) is 12.6 Å². The predicted octanol–water partition coefficient (Wildman–Crippen LogP) is 4.27. The summed E-state index contributed by atoms with van der Waals surface area (Å²) in [6.45, 7) is 8.04. The molecule has 1 aliphatic rings. The van der Waals surface area contributed by atoms with Crippen molar-refractivity contribution >= 4 is 0 Å². The Bertz CT molecular complexity index is 368. The number of nitrogens with one attached hydrogen (secondary N) is 1. The smallest absolute Gasteiger partial charge is 0.00684 e. The van der Waals surface area contributed by atoms with E-state index in [0.717, 1.165) is 18.5 Å². The molecule has 2 atom stereocenters. The van der Waals surface area contributed by atoms with Gasteiger partial charge >= 0.3 is 0 Å². The largest absolute Gasteiger partial charge is 0.313 e. The third-order valence-corrected chi connectivity index (χ3v) is 4.10. The lowest BCUT2D eigenvalue weighted by Crippen LogP contribution is -2.27. The molecular formula is C17H27N. The van der Waals surface area contributed by atoms with Crippen molar-refractivity contribution < 1.29 is 0 Å². The minimum atomic E-state index is 0.672. The second kappa shape index (κ2) is 6.38. The van der Waals surface area contributed by atoms with Crippen molar-refractivity contribution in [1.29, 1.82) is 0 Å². The molecule has 2 rings (SSSR count). The Morgan fingerprint density at radius 1 is 1.33 bits per heavy atom. The molecule has 1 aromatic rings. The molecule has 0 heterocycles. The van der Waals surface area contributed by atoms with Crippen LogP contribution in [0.2, 0.25) is 0 Å². The van der Waals surface area contributed by atoms with Crippen molar-refractivity contribution in [2.24, 2.45) is 5.92 Å². The lowest BCUT2D eigenvalue weighted by atomic mass is 9.84. The highest BCUT2D eigenvalue weighted by atomic mass is 14.9. The van der Waals surface area contributed by atoms with E-state index in [2.05, 4.69) is 50.4 Å². The van der Waals surface area contributed by atoms with Crippen LogP contribution in [0.15, 0.2) is 24.3 Å². The van der Waals surface area contributed by atoms with Crippen LogP contribution < -0.4 is 5.32 Å². The predicted molar refractivity (Wildman–Crippen MR) is 79.0 cm³/mol. The van der Waals surface area contributed by atoms with Crippen molar-refractivity contribution in [3.63, 3.8) is 0 Å². The van der Waals surface area contributed by atoms with E-state index < -0.39 is 0 Å². The van der Waals surface area contributed by atoms with E-state index in [9.17, 15) is 0 Å². The molecule has 0 amide bonds. The quantitative estimate of drug-likeness (QED) is 0.756. The first-order valence-electron chi connectivity index (χ1n) is 7.50. The van der Waals surface area contributed by atoms with Crippen LogP contribution in [0.4, 0.5) is 0 Å². The van der Waals surface area contributed by atoms with Gasteiger partial charge in [-0.05, 0) is 37.2 Å². The summed E-state index contributed by atoms with van der Waals surface area (Å²) in [4.78, 5) is 0. The van der Waals surface area contributed by atoms with Gasteiger partial charge in [-0.1, -0.05) is 56.5 Å². The van der Waals surface area contributed by atoms with Crippen molar-refractivity contribution in [2.75, 3.05) is 6.54 Å². The minimum Gasteiger partial charge on any atom is -0.313 e. The van der Waals surface area contributed by atoms with Crippen molar-refractivity contribution in [3.05, 3.63) is 35.4 Å². The Morgan fingerprint density at radius 3 is 2.72 bits per heavy atom. The van der Waals surface area contributed by atoms with Gasteiger partial charge in [-0.2, -0.15) is 0 Å². The molecule has 1 nitrogen and oxygen atoms in total. The fraction of sp³-hybridized carbons (Fsp3) is 0.647. The molecule has 1 aliphatic carbocycles. The first-order valence-corrected chi connectivity index (χ1v) is 7.50. The van der Waals surface area contributed by atoms with Crippen LogP contribution in [0.25, 0.3) is 0 Å². The highest BCUT2D eigenvalue weighted by Gasteiger charge is 2.24. The van der Waals surface area contributed by atoms with Gasteiger partial charge in [0.2, 0.25) is 0 Å². The van der Waals surface area contributed by atoms with E-state index in [1.807, 2.05) is 0 Å². The molecular weight excluding hydrogens is 218 g/mol. The molecule has 0 saturated heterocycles. The van der Waals surface area contributed by atoms with Crippen LogP contribution in [0.5, 0.6) is 0 Å². The summed E-state index contributed by atoms with van der Waals surface area (Å²) in [7, 11) is 0. The first kappa shape index (κ1) is 13.6. The second-order valence-electron chi connectivity index (χ2n) is 5.97. The molecule has 2 unspecified atom stereocenters. The first-order chi connectivity index (χ1) is 8.70. The molecule has 0 radical (unpaired) electrons. The zero-order chi connectivity index (χ0) is 13.0. The highest BCUT2D eigenvalue weighted by Crippen LogP contribution is 2.29. The molecule has 0 aromatic heterocycles. The second-order valence-corrected chi connectivity index (χ2v) is 5.97. The van der Waals surface area contributed by atoms with E-state index >= 15 is 0 Å². The maximum Gasteiger partial charge on any atom is 0.00684 e. The molecule has 0 spiro atoms. The Hall–Kier alpha value is -0.820. The van der Waals surface area contributed by atoms with Gasteiger partial charge in [0, 0.05) is 12.6 Å². The lowest BCUT2D eigenvalue weighted by molar-refractivity contribution is 0.402. The third-order valence-electron chi connectivity index (χ3n) is 4.10. The van der Waals surface area contributed by atoms with E-state index in [-0.39, 0.29) is 0 Å². The summed E-state index contributed by atoms with van der Waals surface area (Å²) in [6.07, 6.45) is 5.36. The van der Waals surface area contributed by atoms with Gasteiger partial charge in [0.1, 0.15) is 0 Å². The maximum atomic E-state index is 3.71. The molecule has 0 bridgehead atoms. The summed E-state index contributed by atoms with van der Waals surface area (Å²) in [5, 5.41) is 3.71. The molecule has 1 aromatic carbocycles. The van der Waals surface area contributed by atoms with E-state index in [1.165, 1.54) is 36.8 Å². The Balaban J connectivity index is 2.06. The third kappa shape index (κ3) is 3.84. The fourth-order valence-electron chi connectivity index (χ4n) is 2.79. The van der Waals surface area contributed by atoms with Gasteiger partial charge in [-0.25, -0.2) is 0 Å². The Kier molecular flexibility index (Phi) is 4.82. The monoisotopic (exact) mass is 245 g/mol.